The largest absolute Gasteiger partial charge is 0.476 e. The van der Waals surface area contributed by atoms with Gasteiger partial charge in [-0.25, -0.2) is 17.9 Å². The molecular weight excluding hydrogens is 604 g/mol. The molecule has 0 radical (unpaired) electrons. The lowest BCUT2D eigenvalue weighted by molar-refractivity contribution is 0.0690. The Kier molecular flexibility index (Phi) is 7.71. The van der Waals surface area contributed by atoms with Crippen LogP contribution in [-0.2, 0) is 30.1 Å². The number of aromatic carboxylic acids is 1. The maximum Gasteiger partial charge on any atom is 0.356 e. The van der Waals surface area contributed by atoms with Gasteiger partial charge in [0.15, 0.2) is 21.2 Å². The minimum absolute atomic E-state index is 0.0345. The Balaban J connectivity index is 1.94. The van der Waals surface area contributed by atoms with Crippen LogP contribution in [0, 0.1) is 0 Å². The van der Waals surface area contributed by atoms with Gasteiger partial charge in [0.05, 0.1) is 22.0 Å². The summed E-state index contributed by atoms with van der Waals surface area (Å²) in [7, 11) is -13.7. The molecule has 4 aromatic rings. The molecule has 1 heterocycles. The molecule has 0 aliphatic carbocycles. The third kappa shape index (κ3) is 5.81. The first-order valence-electron chi connectivity index (χ1n) is 11.4. The van der Waals surface area contributed by atoms with Gasteiger partial charge in [0, 0.05) is 10.8 Å². The molecule has 0 aliphatic heterocycles. The van der Waals surface area contributed by atoms with Crippen LogP contribution in [0.25, 0.3) is 16.5 Å². The number of carbonyl (C=O) groups is 1. The summed E-state index contributed by atoms with van der Waals surface area (Å²) in [5.41, 5.74) is -3.49. The Bertz CT molecular complexity index is 2130. The first kappa shape index (κ1) is 29.7. The maximum absolute atomic E-state index is 13.3. The first-order chi connectivity index (χ1) is 19.1. The third-order valence-electron chi connectivity index (χ3n) is 5.72. The van der Waals surface area contributed by atoms with Crippen LogP contribution in [0.1, 0.15) is 23.8 Å². The molecule has 0 unspecified atom stereocenters. The van der Waals surface area contributed by atoms with Crippen molar-refractivity contribution in [3.63, 3.8) is 0 Å². The molecule has 0 atom stereocenters. The molecule has 4 N–H and O–H groups in total. The molecule has 41 heavy (non-hydrogen) atoms. The molecule has 3 aromatic carbocycles. The van der Waals surface area contributed by atoms with Gasteiger partial charge < -0.3 is 5.11 Å². The standard InChI is InChI=1S/C23H20N4O11S3/c1-2-11-39(31,32)14-6-3-5-13(12-14)24-25-19-20(23(29)30)26-27(22(19)28)17-10-9-15-16(21(17)41(36,37)38)7-4-8-18(15)40(33,34)35/h3-10,12,26H,2,11H2,1H3,(H,29,30)(H,33,34,35)(H,36,37,38). The molecule has 0 saturated carbocycles. The SMILES string of the molecule is CCCS(=O)(=O)c1cccc(N=Nc2c(C(=O)O)[nH]n(-c3ccc4c(S(=O)(=O)O)cccc4c3S(=O)(=O)O)c2=O)c1. The summed E-state index contributed by atoms with van der Waals surface area (Å²) in [5, 5.41) is 18.6. The second-order valence-corrected chi connectivity index (χ2v) is 13.4. The van der Waals surface area contributed by atoms with Crippen LogP contribution in [0.5, 0.6) is 0 Å². The Labute approximate surface area is 232 Å². The fourth-order valence-corrected chi connectivity index (χ4v) is 6.98. The van der Waals surface area contributed by atoms with Crippen molar-refractivity contribution < 1.29 is 44.3 Å². The van der Waals surface area contributed by atoms with Crippen LogP contribution in [-0.4, -0.2) is 61.0 Å². The highest BCUT2D eigenvalue weighted by molar-refractivity contribution is 7.91. The Morgan fingerprint density at radius 1 is 0.902 bits per heavy atom. The lowest BCUT2D eigenvalue weighted by atomic mass is 10.1. The molecule has 15 nitrogen and oxygen atoms in total. The average molecular weight is 625 g/mol. The minimum Gasteiger partial charge on any atom is -0.476 e. The summed E-state index contributed by atoms with van der Waals surface area (Å²) in [6.07, 6.45) is 0.358. The van der Waals surface area contributed by atoms with E-state index in [9.17, 15) is 49.1 Å². The predicted octanol–water partition coefficient (Wildman–Crippen LogP) is 3.11. The summed E-state index contributed by atoms with van der Waals surface area (Å²) >= 11 is 0. The van der Waals surface area contributed by atoms with E-state index >= 15 is 0 Å². The molecule has 216 valence electrons. The highest BCUT2D eigenvalue weighted by Gasteiger charge is 2.28. The van der Waals surface area contributed by atoms with Crippen LogP contribution in [0.4, 0.5) is 11.4 Å². The molecule has 1 aromatic heterocycles. The molecule has 0 fully saturated rings. The first-order valence-corrected chi connectivity index (χ1v) is 15.9. The average Bonchev–Trinajstić information content (AvgIpc) is 3.21. The van der Waals surface area contributed by atoms with Crippen molar-refractivity contribution in [2.45, 2.75) is 28.0 Å². The highest BCUT2D eigenvalue weighted by Crippen LogP contribution is 2.33. The number of benzene rings is 3. The monoisotopic (exact) mass is 624 g/mol. The number of sulfone groups is 1. The second-order valence-electron chi connectivity index (χ2n) is 8.51. The third-order valence-corrected chi connectivity index (χ3v) is 9.50. The molecule has 4 rings (SSSR count). The van der Waals surface area contributed by atoms with Gasteiger partial charge in [-0.15, -0.1) is 5.11 Å². The van der Waals surface area contributed by atoms with Crippen molar-refractivity contribution in [3.05, 3.63) is 70.6 Å². The smallest absolute Gasteiger partial charge is 0.356 e. The normalized spacial score (nSPS) is 12.8. The summed E-state index contributed by atoms with van der Waals surface area (Å²) in [4.78, 5) is 23.5. The van der Waals surface area contributed by atoms with Crippen molar-refractivity contribution in [1.29, 1.82) is 0 Å². The topological polar surface area (TPSA) is 243 Å². The molecule has 0 aliphatic rings. The van der Waals surface area contributed by atoms with Crippen molar-refractivity contribution in [3.8, 4) is 5.69 Å². The van der Waals surface area contributed by atoms with Crippen LogP contribution in [0.3, 0.4) is 0 Å². The predicted molar refractivity (Wildman–Crippen MR) is 143 cm³/mol. The number of hydrogen-bond acceptors (Lipinski definition) is 10. The van der Waals surface area contributed by atoms with E-state index in [2.05, 4.69) is 15.3 Å². The van der Waals surface area contributed by atoms with E-state index < -0.39 is 73.8 Å². The zero-order valence-electron chi connectivity index (χ0n) is 20.8. The van der Waals surface area contributed by atoms with Crippen LogP contribution in [0.2, 0.25) is 0 Å². The molecule has 0 bridgehead atoms. The molecule has 0 amide bonds. The van der Waals surface area contributed by atoms with E-state index in [-0.39, 0.29) is 21.7 Å². The van der Waals surface area contributed by atoms with Gasteiger partial charge in [0.1, 0.15) is 9.79 Å². The van der Waals surface area contributed by atoms with Crippen molar-refractivity contribution in [2.75, 3.05) is 5.75 Å². The minimum atomic E-state index is -5.20. The summed E-state index contributed by atoms with van der Waals surface area (Å²) in [6.45, 7) is 1.68. The van der Waals surface area contributed by atoms with Crippen molar-refractivity contribution in [1.82, 2.24) is 9.78 Å². The number of aromatic nitrogens is 2. The Morgan fingerprint density at radius 3 is 2.20 bits per heavy atom. The van der Waals surface area contributed by atoms with Gasteiger partial charge in [0.2, 0.25) is 0 Å². The fourth-order valence-electron chi connectivity index (χ4n) is 4.04. The zero-order chi connectivity index (χ0) is 30.3. The Hall–Kier alpha value is -4.23. The van der Waals surface area contributed by atoms with E-state index in [4.69, 9.17) is 0 Å². The van der Waals surface area contributed by atoms with Gasteiger partial charge in [-0.05, 0) is 36.8 Å². The summed E-state index contributed by atoms with van der Waals surface area (Å²) in [6, 6.07) is 10.3. The molecular formula is C23H20N4O11S3. The van der Waals surface area contributed by atoms with Crippen molar-refractivity contribution >= 4 is 58.2 Å². The number of rotatable bonds is 9. The van der Waals surface area contributed by atoms with Gasteiger partial charge in [0.25, 0.3) is 25.8 Å². The number of aromatic amines is 1. The zero-order valence-corrected chi connectivity index (χ0v) is 23.2. The van der Waals surface area contributed by atoms with Gasteiger partial charge >= 0.3 is 5.97 Å². The van der Waals surface area contributed by atoms with E-state index in [1.807, 2.05) is 0 Å². The van der Waals surface area contributed by atoms with Crippen LogP contribution >= 0.6 is 0 Å². The number of carboxylic acids is 1. The van der Waals surface area contributed by atoms with Crippen LogP contribution < -0.4 is 5.56 Å². The number of fused-ring (bicyclic) bond motifs is 1. The van der Waals surface area contributed by atoms with Crippen LogP contribution in [0.15, 0.2) is 84.3 Å². The quantitative estimate of drug-likeness (QED) is 0.156. The van der Waals surface area contributed by atoms with E-state index in [1.54, 1.807) is 6.92 Å². The Morgan fingerprint density at radius 2 is 1.59 bits per heavy atom. The summed E-state index contributed by atoms with van der Waals surface area (Å²) in [5.74, 6) is -1.83. The van der Waals surface area contributed by atoms with E-state index in [0.717, 1.165) is 30.3 Å². The fraction of sp³-hybridized carbons (Fsp3) is 0.130. The number of nitrogens with one attached hydrogen (secondary N) is 1. The molecule has 18 heteroatoms. The lowest BCUT2D eigenvalue weighted by Gasteiger charge is -2.12. The number of nitrogens with zero attached hydrogens (tertiary/aromatic N) is 3. The molecule has 0 saturated heterocycles. The number of carboxylic acid groups (broad SMARTS) is 1. The number of hydrogen-bond donors (Lipinski definition) is 4. The molecule has 0 spiro atoms. The lowest BCUT2D eigenvalue weighted by Crippen LogP contribution is -2.18. The van der Waals surface area contributed by atoms with E-state index in [0.29, 0.717) is 11.1 Å². The summed E-state index contributed by atoms with van der Waals surface area (Å²) < 4.78 is 93.2. The second kappa shape index (κ2) is 10.6. The number of H-pyrrole nitrogens is 1. The maximum atomic E-state index is 13.3. The van der Waals surface area contributed by atoms with Gasteiger partial charge in [-0.2, -0.15) is 21.9 Å². The van der Waals surface area contributed by atoms with E-state index in [1.165, 1.54) is 24.3 Å². The van der Waals surface area contributed by atoms with Gasteiger partial charge in [-0.3, -0.25) is 19.0 Å². The van der Waals surface area contributed by atoms with Crippen molar-refractivity contribution in [2.24, 2.45) is 10.2 Å². The van der Waals surface area contributed by atoms with Gasteiger partial charge in [-0.1, -0.05) is 31.2 Å². The highest BCUT2D eigenvalue weighted by atomic mass is 32.2. The number of azo groups is 1.